The monoisotopic (exact) mass is 442 g/mol. The van der Waals surface area contributed by atoms with Crippen LogP contribution in [0.1, 0.15) is 60.0 Å². The van der Waals surface area contributed by atoms with Gasteiger partial charge in [0, 0.05) is 54.9 Å². The molecule has 0 aliphatic carbocycles. The van der Waals surface area contributed by atoms with Crippen molar-refractivity contribution in [3.8, 4) is 0 Å². The first-order valence-electron chi connectivity index (χ1n) is 12.3. The van der Waals surface area contributed by atoms with Crippen molar-refractivity contribution in [3.63, 3.8) is 0 Å². The molecular weight excluding hydrogens is 412 g/mol. The number of benzene rings is 1. The number of H-pyrrole nitrogens is 1. The molecule has 0 unspecified atom stereocenters. The fourth-order valence-corrected chi connectivity index (χ4v) is 6.34. The maximum Gasteiger partial charge on any atom is 0.254 e. The Bertz CT molecular complexity index is 1190. The summed E-state index contributed by atoms with van der Waals surface area (Å²) in [6, 6.07) is 12.8. The minimum Gasteiger partial charge on any atom is -0.346 e. The molecule has 5 heterocycles. The zero-order valence-electron chi connectivity index (χ0n) is 18.9. The van der Waals surface area contributed by atoms with Gasteiger partial charge in [0.2, 0.25) is 5.91 Å². The molecule has 2 bridgehead atoms. The Hall–Kier alpha value is -3.15. The van der Waals surface area contributed by atoms with Gasteiger partial charge in [-0.05, 0) is 79.8 Å². The van der Waals surface area contributed by atoms with E-state index in [1.807, 2.05) is 41.6 Å². The number of hydrogen-bond acceptors (Lipinski definition) is 3. The van der Waals surface area contributed by atoms with Crippen molar-refractivity contribution in [2.24, 2.45) is 5.92 Å². The van der Waals surface area contributed by atoms with Crippen LogP contribution in [0.4, 0.5) is 0 Å². The highest BCUT2D eigenvalue weighted by atomic mass is 16.2. The van der Waals surface area contributed by atoms with Gasteiger partial charge >= 0.3 is 0 Å². The molecule has 2 aromatic heterocycles. The van der Waals surface area contributed by atoms with Crippen molar-refractivity contribution in [2.75, 3.05) is 6.54 Å². The number of nitrogens with zero attached hydrogens (tertiary/aromatic N) is 3. The van der Waals surface area contributed by atoms with E-state index in [1.165, 1.54) is 10.9 Å². The first kappa shape index (κ1) is 20.5. The van der Waals surface area contributed by atoms with Crippen LogP contribution in [0, 0.1) is 5.92 Å². The zero-order valence-corrected chi connectivity index (χ0v) is 18.9. The number of amides is 2. The lowest BCUT2D eigenvalue weighted by atomic mass is 9.85. The highest BCUT2D eigenvalue weighted by Crippen LogP contribution is 2.41. The minimum atomic E-state index is 0.160. The third kappa shape index (κ3) is 3.81. The topological polar surface area (TPSA) is 69.3 Å². The summed E-state index contributed by atoms with van der Waals surface area (Å²) in [5.74, 6) is 0.977. The van der Waals surface area contributed by atoms with Gasteiger partial charge in [0.25, 0.3) is 5.91 Å². The highest BCUT2D eigenvalue weighted by molar-refractivity contribution is 5.95. The second-order valence-electron chi connectivity index (χ2n) is 9.97. The Balaban J connectivity index is 1.16. The molecule has 0 saturated carbocycles. The number of fused-ring (bicyclic) bond motifs is 3. The summed E-state index contributed by atoms with van der Waals surface area (Å²) in [6.07, 6.45) is 10.8. The van der Waals surface area contributed by atoms with E-state index in [0.29, 0.717) is 31.0 Å². The molecule has 3 aliphatic heterocycles. The van der Waals surface area contributed by atoms with Gasteiger partial charge in [-0.2, -0.15) is 0 Å². The van der Waals surface area contributed by atoms with E-state index in [-0.39, 0.29) is 11.8 Å². The number of nitrogens with one attached hydrogen (secondary N) is 1. The molecule has 0 spiro atoms. The summed E-state index contributed by atoms with van der Waals surface area (Å²) in [5.41, 5.74) is 4.12. The van der Waals surface area contributed by atoms with Crippen molar-refractivity contribution >= 4 is 22.8 Å². The number of aromatic nitrogens is 2. The van der Waals surface area contributed by atoms with Crippen LogP contribution >= 0.6 is 0 Å². The molecule has 6 rings (SSSR count). The van der Waals surface area contributed by atoms with Gasteiger partial charge in [0.05, 0.1) is 0 Å². The number of pyridine rings is 1. The van der Waals surface area contributed by atoms with Crippen molar-refractivity contribution in [1.82, 2.24) is 19.8 Å². The SMILES string of the molecule is O=C1CCCN1Cc1cccc(C(=O)N2[C@H]3CC[C@H]2CC(Cc2ccnc4[nH]ccc24)C3)c1. The molecule has 6 nitrogen and oxygen atoms in total. The predicted octanol–water partition coefficient (Wildman–Crippen LogP) is 4.31. The lowest BCUT2D eigenvalue weighted by Crippen LogP contribution is -2.47. The van der Waals surface area contributed by atoms with E-state index >= 15 is 0 Å². The van der Waals surface area contributed by atoms with Crippen molar-refractivity contribution < 1.29 is 9.59 Å². The lowest BCUT2D eigenvalue weighted by molar-refractivity contribution is -0.128. The van der Waals surface area contributed by atoms with Crippen molar-refractivity contribution in [2.45, 2.75) is 63.6 Å². The number of likely N-dealkylation sites (tertiary alicyclic amines) is 1. The first-order chi connectivity index (χ1) is 16.2. The first-order valence-corrected chi connectivity index (χ1v) is 12.3. The molecule has 3 aliphatic rings. The quantitative estimate of drug-likeness (QED) is 0.640. The predicted molar refractivity (Wildman–Crippen MR) is 127 cm³/mol. The molecule has 2 atom stereocenters. The molecule has 0 radical (unpaired) electrons. The number of aromatic amines is 1. The van der Waals surface area contributed by atoms with Crippen LogP contribution in [-0.4, -0.2) is 50.2 Å². The van der Waals surface area contributed by atoms with Crippen LogP contribution in [0.5, 0.6) is 0 Å². The Morgan fingerprint density at radius 3 is 2.76 bits per heavy atom. The normalized spacial score (nSPS) is 24.7. The summed E-state index contributed by atoms with van der Waals surface area (Å²) < 4.78 is 0. The van der Waals surface area contributed by atoms with Crippen LogP contribution in [0.15, 0.2) is 48.8 Å². The minimum absolute atomic E-state index is 0.160. The number of carbonyl (C=O) groups is 2. The maximum atomic E-state index is 13.6. The molecule has 1 N–H and O–H groups in total. The van der Waals surface area contributed by atoms with Crippen LogP contribution in [0.2, 0.25) is 0 Å². The summed E-state index contributed by atoms with van der Waals surface area (Å²) >= 11 is 0. The van der Waals surface area contributed by atoms with Gasteiger partial charge in [-0.15, -0.1) is 0 Å². The smallest absolute Gasteiger partial charge is 0.254 e. The third-order valence-corrected chi connectivity index (χ3v) is 7.84. The summed E-state index contributed by atoms with van der Waals surface area (Å²) in [5, 5.41) is 1.22. The summed E-state index contributed by atoms with van der Waals surface area (Å²) in [6.45, 7) is 1.43. The largest absolute Gasteiger partial charge is 0.346 e. The third-order valence-electron chi connectivity index (χ3n) is 7.84. The van der Waals surface area contributed by atoms with Crippen molar-refractivity contribution in [3.05, 3.63) is 65.5 Å². The van der Waals surface area contributed by atoms with Gasteiger partial charge in [-0.25, -0.2) is 4.98 Å². The Morgan fingerprint density at radius 2 is 1.97 bits per heavy atom. The molecule has 170 valence electrons. The van der Waals surface area contributed by atoms with Gasteiger partial charge in [0.15, 0.2) is 0 Å². The number of piperidine rings is 1. The van der Waals surface area contributed by atoms with Crippen LogP contribution in [-0.2, 0) is 17.8 Å². The maximum absolute atomic E-state index is 13.6. The van der Waals surface area contributed by atoms with E-state index in [2.05, 4.69) is 27.0 Å². The number of rotatable bonds is 5. The molecule has 2 amide bonds. The average molecular weight is 443 g/mol. The molecule has 6 heteroatoms. The van der Waals surface area contributed by atoms with E-state index < -0.39 is 0 Å². The van der Waals surface area contributed by atoms with E-state index in [1.54, 1.807) is 0 Å². The van der Waals surface area contributed by atoms with Gasteiger partial charge in [-0.3, -0.25) is 9.59 Å². The van der Waals surface area contributed by atoms with Gasteiger partial charge in [-0.1, -0.05) is 12.1 Å². The fourth-order valence-electron chi connectivity index (χ4n) is 6.34. The highest BCUT2D eigenvalue weighted by Gasteiger charge is 2.43. The molecule has 3 fully saturated rings. The summed E-state index contributed by atoms with van der Waals surface area (Å²) in [7, 11) is 0. The second-order valence-corrected chi connectivity index (χ2v) is 9.97. The van der Waals surface area contributed by atoms with Gasteiger partial charge in [0.1, 0.15) is 5.65 Å². The van der Waals surface area contributed by atoms with Crippen LogP contribution in [0.25, 0.3) is 11.0 Å². The number of hydrogen-bond donors (Lipinski definition) is 1. The van der Waals surface area contributed by atoms with E-state index in [4.69, 9.17) is 0 Å². The van der Waals surface area contributed by atoms with Crippen LogP contribution < -0.4 is 0 Å². The Labute approximate surface area is 194 Å². The molecule has 3 aromatic rings. The Morgan fingerprint density at radius 1 is 1.12 bits per heavy atom. The second kappa shape index (κ2) is 8.32. The van der Waals surface area contributed by atoms with E-state index in [0.717, 1.165) is 61.8 Å². The standard InChI is InChI=1S/C27H30N4O2/c32-25-5-2-12-30(25)17-18-3-1-4-21(13-18)27(33)31-22-6-7-23(31)16-19(15-22)14-20-8-10-28-26-24(20)9-11-29-26/h1,3-4,8-11,13,19,22-23H,2,5-7,12,14-17H2,(H,28,29)/t22-,23-/m0/s1. The molecule has 3 saturated heterocycles. The molecule has 33 heavy (non-hydrogen) atoms. The molecule has 1 aromatic carbocycles. The lowest BCUT2D eigenvalue weighted by Gasteiger charge is -2.39. The van der Waals surface area contributed by atoms with Crippen molar-refractivity contribution in [1.29, 1.82) is 0 Å². The Kier molecular flexibility index (Phi) is 5.16. The van der Waals surface area contributed by atoms with Gasteiger partial charge < -0.3 is 14.8 Å². The number of carbonyl (C=O) groups excluding carboxylic acids is 2. The van der Waals surface area contributed by atoms with Crippen LogP contribution in [0.3, 0.4) is 0 Å². The average Bonchev–Trinajstić information content (AvgIpc) is 3.52. The van der Waals surface area contributed by atoms with E-state index in [9.17, 15) is 9.59 Å². The summed E-state index contributed by atoms with van der Waals surface area (Å²) in [4.78, 5) is 37.3. The zero-order chi connectivity index (χ0) is 22.4. The fraction of sp³-hybridized carbons (Fsp3) is 0.444. The molecular formula is C27H30N4O2.